The first kappa shape index (κ1) is 18.8. The summed E-state index contributed by atoms with van der Waals surface area (Å²) in [5.74, 6) is -0.793. The Kier molecular flexibility index (Phi) is 6.44. The monoisotopic (exact) mass is 351 g/mol. The lowest BCUT2D eigenvalue weighted by molar-refractivity contribution is -0.119. The van der Waals surface area contributed by atoms with Gasteiger partial charge in [0.05, 0.1) is 12.0 Å². The molecule has 2 rings (SSSR count). The summed E-state index contributed by atoms with van der Waals surface area (Å²) in [6, 6.07) is 8.93. The molecular formula is C19H20F3NO2. The highest BCUT2D eigenvalue weighted by Gasteiger charge is 2.17. The molecule has 2 aromatic carbocycles. The molecule has 0 fully saturated rings. The molecule has 0 saturated carbocycles. The molecule has 0 spiro atoms. The number of carbonyl (C=O) groups is 1. The van der Waals surface area contributed by atoms with E-state index in [0.717, 1.165) is 5.56 Å². The van der Waals surface area contributed by atoms with Crippen LogP contribution in [0.3, 0.4) is 0 Å². The van der Waals surface area contributed by atoms with Crippen molar-refractivity contribution in [3.8, 4) is 5.75 Å². The molecule has 0 aromatic heterocycles. The third kappa shape index (κ3) is 4.75. The number of hydrogen-bond donors (Lipinski definition) is 1. The van der Waals surface area contributed by atoms with E-state index in [1.165, 1.54) is 31.3 Å². The highest BCUT2D eigenvalue weighted by atomic mass is 19.3. The number of amides is 1. The second kappa shape index (κ2) is 8.55. The fourth-order valence-corrected chi connectivity index (χ4v) is 2.46. The van der Waals surface area contributed by atoms with E-state index < -0.39 is 12.2 Å². The molecular weight excluding hydrogens is 331 g/mol. The van der Waals surface area contributed by atoms with Gasteiger partial charge in [-0.2, -0.15) is 0 Å². The fourth-order valence-electron chi connectivity index (χ4n) is 2.46. The van der Waals surface area contributed by atoms with Gasteiger partial charge in [-0.15, -0.1) is 0 Å². The van der Waals surface area contributed by atoms with Gasteiger partial charge in [0.25, 0.3) is 6.43 Å². The van der Waals surface area contributed by atoms with Gasteiger partial charge in [-0.05, 0) is 35.7 Å². The lowest BCUT2D eigenvalue weighted by Crippen LogP contribution is -2.21. The topological polar surface area (TPSA) is 38.3 Å². The van der Waals surface area contributed by atoms with Gasteiger partial charge in [0.1, 0.15) is 18.2 Å². The summed E-state index contributed by atoms with van der Waals surface area (Å²) in [6.45, 7) is 1.64. The number of aryl methyl sites for hydroxylation is 1. The Balaban J connectivity index is 2.26. The van der Waals surface area contributed by atoms with Crippen molar-refractivity contribution >= 4 is 5.91 Å². The van der Waals surface area contributed by atoms with Gasteiger partial charge in [0.15, 0.2) is 0 Å². The predicted molar refractivity (Wildman–Crippen MR) is 89.3 cm³/mol. The standard InChI is InChI=1S/C19H20F3NO2/c1-3-12-7-8-17(14(9-12)19(21)22)25-11-15-13(10-18(24)23-2)5-4-6-16(15)20/h4-9,19H,3,10-11H2,1-2H3,(H,23,24). The van der Waals surface area contributed by atoms with Crippen LogP contribution in [-0.4, -0.2) is 13.0 Å². The molecule has 3 nitrogen and oxygen atoms in total. The molecule has 0 aliphatic carbocycles. The zero-order valence-electron chi connectivity index (χ0n) is 14.1. The van der Waals surface area contributed by atoms with Crippen molar-refractivity contribution < 1.29 is 22.7 Å². The molecule has 1 amide bonds. The molecule has 0 aliphatic heterocycles. The second-order valence-electron chi connectivity index (χ2n) is 5.54. The molecule has 0 heterocycles. The molecule has 25 heavy (non-hydrogen) atoms. The van der Waals surface area contributed by atoms with Gasteiger partial charge in [-0.3, -0.25) is 4.79 Å². The molecule has 0 unspecified atom stereocenters. The smallest absolute Gasteiger partial charge is 0.267 e. The van der Waals surface area contributed by atoms with Crippen LogP contribution in [0.2, 0.25) is 0 Å². The first-order chi connectivity index (χ1) is 12.0. The van der Waals surface area contributed by atoms with Crippen LogP contribution in [0.4, 0.5) is 13.2 Å². The van der Waals surface area contributed by atoms with E-state index in [1.54, 1.807) is 12.1 Å². The van der Waals surface area contributed by atoms with Crippen LogP contribution in [0.5, 0.6) is 5.75 Å². The zero-order chi connectivity index (χ0) is 18.4. The van der Waals surface area contributed by atoms with E-state index >= 15 is 0 Å². The normalized spacial score (nSPS) is 10.8. The summed E-state index contributed by atoms with van der Waals surface area (Å²) in [5.41, 5.74) is 1.20. The van der Waals surface area contributed by atoms with E-state index in [1.807, 2.05) is 6.92 Å². The Morgan fingerprint density at radius 3 is 2.64 bits per heavy atom. The van der Waals surface area contributed by atoms with Crippen LogP contribution < -0.4 is 10.1 Å². The van der Waals surface area contributed by atoms with Crippen molar-refractivity contribution in [2.45, 2.75) is 32.8 Å². The minimum Gasteiger partial charge on any atom is -0.488 e. The lowest BCUT2D eigenvalue weighted by Gasteiger charge is -2.15. The molecule has 6 heteroatoms. The van der Waals surface area contributed by atoms with Crippen LogP contribution in [0, 0.1) is 5.82 Å². The Morgan fingerprint density at radius 1 is 1.24 bits per heavy atom. The molecule has 0 aliphatic rings. The average Bonchev–Trinajstić information content (AvgIpc) is 2.60. The average molecular weight is 351 g/mol. The fraction of sp³-hybridized carbons (Fsp3) is 0.316. The molecule has 0 bridgehead atoms. The van der Waals surface area contributed by atoms with Crippen molar-refractivity contribution in [3.63, 3.8) is 0 Å². The van der Waals surface area contributed by atoms with E-state index in [0.29, 0.717) is 12.0 Å². The number of likely N-dealkylation sites (N-methyl/N-ethyl adjacent to an activating group) is 1. The molecule has 2 aromatic rings. The van der Waals surface area contributed by atoms with Crippen molar-refractivity contribution in [2.75, 3.05) is 7.05 Å². The predicted octanol–water partition coefficient (Wildman–Crippen LogP) is 4.19. The number of halogens is 3. The third-order valence-electron chi connectivity index (χ3n) is 3.94. The molecule has 0 radical (unpaired) electrons. The van der Waals surface area contributed by atoms with Crippen molar-refractivity contribution in [2.24, 2.45) is 0 Å². The van der Waals surface area contributed by atoms with E-state index in [-0.39, 0.29) is 35.8 Å². The molecule has 134 valence electrons. The van der Waals surface area contributed by atoms with Gasteiger partial charge in [0.2, 0.25) is 5.91 Å². The summed E-state index contributed by atoms with van der Waals surface area (Å²) in [7, 11) is 1.49. The van der Waals surface area contributed by atoms with Crippen LogP contribution in [-0.2, 0) is 24.2 Å². The zero-order valence-corrected chi connectivity index (χ0v) is 14.1. The summed E-state index contributed by atoms with van der Waals surface area (Å²) in [4.78, 5) is 11.6. The van der Waals surface area contributed by atoms with E-state index in [4.69, 9.17) is 4.74 Å². The summed E-state index contributed by atoms with van der Waals surface area (Å²) in [5, 5.41) is 2.47. The van der Waals surface area contributed by atoms with E-state index in [2.05, 4.69) is 5.32 Å². The van der Waals surface area contributed by atoms with E-state index in [9.17, 15) is 18.0 Å². The van der Waals surface area contributed by atoms with Crippen LogP contribution in [0.1, 0.15) is 35.6 Å². The lowest BCUT2D eigenvalue weighted by atomic mass is 10.0. The van der Waals surface area contributed by atoms with Crippen molar-refractivity contribution in [1.29, 1.82) is 0 Å². The van der Waals surface area contributed by atoms with Crippen LogP contribution in [0.15, 0.2) is 36.4 Å². The SMILES string of the molecule is CCc1ccc(OCc2c(F)cccc2CC(=O)NC)c(C(F)F)c1. The summed E-state index contributed by atoms with van der Waals surface area (Å²) < 4.78 is 46.1. The van der Waals surface area contributed by atoms with Crippen LogP contribution in [0.25, 0.3) is 0 Å². The maximum Gasteiger partial charge on any atom is 0.267 e. The maximum atomic E-state index is 14.1. The van der Waals surface area contributed by atoms with Gasteiger partial charge >= 0.3 is 0 Å². The number of carbonyl (C=O) groups excluding carboxylic acids is 1. The molecule has 1 N–H and O–H groups in total. The van der Waals surface area contributed by atoms with Gasteiger partial charge in [-0.1, -0.05) is 25.1 Å². The molecule has 0 saturated heterocycles. The molecule has 0 atom stereocenters. The van der Waals surface area contributed by atoms with Gasteiger partial charge in [0, 0.05) is 12.6 Å². The van der Waals surface area contributed by atoms with Gasteiger partial charge < -0.3 is 10.1 Å². The first-order valence-corrected chi connectivity index (χ1v) is 7.96. The Bertz CT molecular complexity index is 747. The Morgan fingerprint density at radius 2 is 2.00 bits per heavy atom. The summed E-state index contributed by atoms with van der Waals surface area (Å²) in [6.07, 6.45) is -2.07. The van der Waals surface area contributed by atoms with Crippen molar-refractivity contribution in [1.82, 2.24) is 5.32 Å². The minimum atomic E-state index is -2.69. The second-order valence-corrected chi connectivity index (χ2v) is 5.54. The first-order valence-electron chi connectivity index (χ1n) is 7.96. The number of benzene rings is 2. The van der Waals surface area contributed by atoms with Crippen LogP contribution >= 0.6 is 0 Å². The Labute approximate surface area is 144 Å². The number of hydrogen-bond acceptors (Lipinski definition) is 2. The summed E-state index contributed by atoms with van der Waals surface area (Å²) >= 11 is 0. The minimum absolute atomic E-state index is 0.0105. The number of rotatable bonds is 7. The number of nitrogens with one attached hydrogen (secondary N) is 1. The maximum absolute atomic E-state index is 14.1. The highest BCUT2D eigenvalue weighted by Crippen LogP contribution is 2.31. The van der Waals surface area contributed by atoms with Crippen molar-refractivity contribution in [3.05, 3.63) is 64.5 Å². The largest absolute Gasteiger partial charge is 0.488 e. The Hall–Kier alpha value is -2.50. The third-order valence-corrected chi connectivity index (χ3v) is 3.94. The quantitative estimate of drug-likeness (QED) is 0.812. The number of ether oxygens (including phenoxy) is 1. The van der Waals surface area contributed by atoms with Gasteiger partial charge in [-0.25, -0.2) is 13.2 Å². The number of alkyl halides is 2. The highest BCUT2D eigenvalue weighted by molar-refractivity contribution is 5.78.